The Morgan fingerprint density at radius 3 is 2.48 bits per heavy atom. The van der Waals surface area contributed by atoms with E-state index >= 15 is 0 Å². The van der Waals surface area contributed by atoms with Crippen LogP contribution in [0.5, 0.6) is 0 Å². The molecule has 21 heavy (non-hydrogen) atoms. The molecule has 1 N–H and O–H groups in total. The van der Waals surface area contributed by atoms with Gasteiger partial charge in [-0.1, -0.05) is 13.8 Å². The number of hydrogen-bond acceptors (Lipinski definition) is 5. The van der Waals surface area contributed by atoms with Crippen LogP contribution in [0.15, 0.2) is 5.03 Å². The van der Waals surface area contributed by atoms with Crippen LogP contribution in [-0.4, -0.2) is 39.5 Å². The van der Waals surface area contributed by atoms with E-state index < -0.39 is 5.97 Å². The normalized spacial score (nSPS) is 12.0. The summed E-state index contributed by atoms with van der Waals surface area (Å²) in [6, 6.07) is 0. The summed E-state index contributed by atoms with van der Waals surface area (Å²) < 4.78 is 5.38. The minimum absolute atomic E-state index is 0.168. The van der Waals surface area contributed by atoms with Crippen LogP contribution >= 0.6 is 11.8 Å². The first kappa shape index (κ1) is 17.9. The van der Waals surface area contributed by atoms with Crippen molar-refractivity contribution in [1.29, 1.82) is 0 Å². The molecule has 0 aliphatic rings. The first-order chi connectivity index (χ1) is 9.68. The highest BCUT2D eigenvalue weighted by molar-refractivity contribution is 7.99. The van der Waals surface area contributed by atoms with Crippen molar-refractivity contribution in [3.05, 3.63) is 17.1 Å². The Morgan fingerprint density at radius 2 is 2.00 bits per heavy atom. The summed E-state index contributed by atoms with van der Waals surface area (Å²) in [7, 11) is 1.68. The molecule has 118 valence electrons. The van der Waals surface area contributed by atoms with Gasteiger partial charge in [-0.3, -0.25) is 0 Å². The smallest absolute Gasteiger partial charge is 0.340 e. The van der Waals surface area contributed by atoms with E-state index in [9.17, 15) is 9.90 Å². The number of carbonyl (C=O) groups is 1. The quantitative estimate of drug-likeness (QED) is 0.613. The van der Waals surface area contributed by atoms with Gasteiger partial charge in [-0.2, -0.15) is 0 Å². The van der Waals surface area contributed by atoms with Crippen molar-refractivity contribution < 1.29 is 14.6 Å². The molecule has 0 fully saturated rings. The number of hydrogen-bond donors (Lipinski definition) is 1. The Kier molecular flexibility index (Phi) is 6.16. The molecule has 0 saturated carbocycles. The zero-order valence-corrected chi connectivity index (χ0v) is 14.4. The zero-order valence-electron chi connectivity index (χ0n) is 13.6. The average Bonchev–Trinajstić information content (AvgIpc) is 2.37. The molecule has 0 amide bonds. The van der Waals surface area contributed by atoms with Gasteiger partial charge in [0.1, 0.15) is 16.4 Å². The predicted molar refractivity (Wildman–Crippen MR) is 84.2 cm³/mol. The minimum atomic E-state index is -0.976. The van der Waals surface area contributed by atoms with Crippen molar-refractivity contribution in [2.75, 3.05) is 12.9 Å². The van der Waals surface area contributed by atoms with E-state index in [2.05, 4.69) is 9.97 Å². The molecule has 0 aliphatic heterocycles. The van der Waals surface area contributed by atoms with Crippen molar-refractivity contribution in [2.45, 2.75) is 57.6 Å². The fourth-order valence-corrected chi connectivity index (χ4v) is 3.00. The summed E-state index contributed by atoms with van der Waals surface area (Å²) in [4.78, 5) is 20.1. The molecule has 1 aromatic heterocycles. The SMILES string of the molecule is COC(C)(C)CCSc1nc(C(C)C)nc(C)c1C(=O)O. The van der Waals surface area contributed by atoms with E-state index in [4.69, 9.17) is 4.74 Å². The van der Waals surface area contributed by atoms with Gasteiger partial charge in [-0.15, -0.1) is 11.8 Å². The largest absolute Gasteiger partial charge is 0.478 e. The molecule has 0 aliphatic carbocycles. The molecule has 1 rings (SSSR count). The zero-order chi connectivity index (χ0) is 16.2. The van der Waals surface area contributed by atoms with E-state index in [-0.39, 0.29) is 17.1 Å². The number of aromatic nitrogens is 2. The number of nitrogens with zero attached hydrogens (tertiary/aromatic N) is 2. The third kappa shape index (κ3) is 4.97. The van der Waals surface area contributed by atoms with Crippen molar-refractivity contribution in [3.8, 4) is 0 Å². The number of rotatable bonds is 7. The number of aryl methyl sites for hydroxylation is 1. The summed E-state index contributed by atoms with van der Waals surface area (Å²) >= 11 is 1.45. The molecule has 0 radical (unpaired) electrons. The lowest BCUT2D eigenvalue weighted by Crippen LogP contribution is -2.23. The molecule has 0 unspecified atom stereocenters. The molecule has 1 heterocycles. The van der Waals surface area contributed by atoms with Crippen LogP contribution in [0.25, 0.3) is 0 Å². The third-order valence-corrected chi connectivity index (χ3v) is 4.28. The third-order valence-electron chi connectivity index (χ3n) is 3.30. The van der Waals surface area contributed by atoms with Gasteiger partial charge in [0.25, 0.3) is 0 Å². The van der Waals surface area contributed by atoms with Crippen molar-refractivity contribution in [1.82, 2.24) is 9.97 Å². The second kappa shape index (κ2) is 7.22. The highest BCUT2D eigenvalue weighted by Gasteiger charge is 2.21. The Hall–Kier alpha value is -1.14. The highest BCUT2D eigenvalue weighted by Crippen LogP contribution is 2.27. The molecule has 0 atom stereocenters. The Bertz CT molecular complexity index is 516. The monoisotopic (exact) mass is 312 g/mol. The summed E-state index contributed by atoms with van der Waals surface area (Å²) in [5.74, 6) is 0.623. The van der Waals surface area contributed by atoms with Gasteiger partial charge in [0.05, 0.1) is 11.3 Å². The first-order valence-corrected chi connectivity index (χ1v) is 7.96. The van der Waals surface area contributed by atoms with Crippen molar-refractivity contribution in [3.63, 3.8) is 0 Å². The second-order valence-electron chi connectivity index (χ2n) is 5.87. The lowest BCUT2D eigenvalue weighted by Gasteiger charge is -2.22. The number of aromatic carboxylic acids is 1. The maximum absolute atomic E-state index is 11.4. The molecular weight excluding hydrogens is 288 g/mol. The van der Waals surface area contributed by atoms with Crippen LogP contribution in [0.3, 0.4) is 0 Å². The van der Waals surface area contributed by atoms with Gasteiger partial charge in [-0.25, -0.2) is 14.8 Å². The van der Waals surface area contributed by atoms with E-state index in [0.29, 0.717) is 16.5 Å². The first-order valence-electron chi connectivity index (χ1n) is 6.97. The molecule has 0 spiro atoms. The molecule has 0 aromatic carbocycles. The van der Waals surface area contributed by atoms with Gasteiger partial charge in [0.2, 0.25) is 0 Å². The Balaban J connectivity index is 3.00. The van der Waals surface area contributed by atoms with Crippen LogP contribution in [0.4, 0.5) is 0 Å². The van der Waals surface area contributed by atoms with Gasteiger partial charge in [-0.05, 0) is 27.2 Å². The second-order valence-corrected chi connectivity index (χ2v) is 6.95. The number of thioether (sulfide) groups is 1. The van der Waals surface area contributed by atoms with Gasteiger partial charge in [0.15, 0.2) is 0 Å². The maximum Gasteiger partial charge on any atom is 0.340 e. The van der Waals surface area contributed by atoms with Crippen LogP contribution in [0, 0.1) is 6.92 Å². The predicted octanol–water partition coefficient (Wildman–Crippen LogP) is 3.51. The lowest BCUT2D eigenvalue weighted by molar-refractivity contribution is 0.0206. The molecular formula is C15H24N2O3S. The van der Waals surface area contributed by atoms with Crippen molar-refractivity contribution >= 4 is 17.7 Å². The fourth-order valence-electron chi connectivity index (χ4n) is 1.67. The number of carboxylic acids is 1. The maximum atomic E-state index is 11.4. The van der Waals surface area contributed by atoms with Crippen molar-refractivity contribution in [2.24, 2.45) is 0 Å². The summed E-state index contributed by atoms with van der Waals surface area (Å²) in [6.45, 7) is 9.74. The van der Waals surface area contributed by atoms with E-state index in [1.54, 1.807) is 14.0 Å². The van der Waals surface area contributed by atoms with E-state index in [1.165, 1.54) is 11.8 Å². The fraction of sp³-hybridized carbons (Fsp3) is 0.667. The number of methoxy groups -OCH3 is 1. The number of ether oxygens (including phenoxy) is 1. The van der Waals surface area contributed by atoms with Crippen LogP contribution in [-0.2, 0) is 4.74 Å². The molecule has 0 saturated heterocycles. The van der Waals surface area contributed by atoms with Crippen LogP contribution in [0.1, 0.15) is 61.9 Å². The van der Waals surface area contributed by atoms with Gasteiger partial charge in [0, 0.05) is 18.8 Å². The molecule has 0 bridgehead atoms. The van der Waals surface area contributed by atoms with Crippen LogP contribution < -0.4 is 0 Å². The average molecular weight is 312 g/mol. The minimum Gasteiger partial charge on any atom is -0.478 e. The standard InChI is InChI=1S/C15H24N2O3S/c1-9(2)12-16-10(3)11(14(18)19)13(17-12)21-8-7-15(4,5)20-6/h9H,7-8H2,1-6H3,(H,18,19). The van der Waals surface area contributed by atoms with E-state index in [0.717, 1.165) is 12.2 Å². The molecule has 1 aromatic rings. The summed E-state index contributed by atoms with van der Waals surface area (Å²) in [6.07, 6.45) is 0.813. The summed E-state index contributed by atoms with van der Waals surface area (Å²) in [5, 5.41) is 9.91. The molecule has 5 nitrogen and oxygen atoms in total. The molecule has 6 heteroatoms. The Labute approximate surface area is 130 Å². The van der Waals surface area contributed by atoms with Gasteiger partial charge >= 0.3 is 5.97 Å². The summed E-state index contributed by atoms with van der Waals surface area (Å²) in [5.41, 5.74) is 0.508. The Morgan fingerprint density at radius 1 is 1.38 bits per heavy atom. The van der Waals surface area contributed by atoms with E-state index in [1.807, 2.05) is 27.7 Å². The lowest BCUT2D eigenvalue weighted by atomic mass is 10.1. The topological polar surface area (TPSA) is 72.3 Å². The van der Waals surface area contributed by atoms with Crippen LogP contribution in [0.2, 0.25) is 0 Å². The number of carboxylic acid groups (broad SMARTS) is 1. The highest BCUT2D eigenvalue weighted by atomic mass is 32.2. The van der Waals surface area contributed by atoms with Gasteiger partial charge < -0.3 is 9.84 Å².